The molecule has 1 aliphatic carbocycles. The van der Waals surface area contributed by atoms with Crippen molar-refractivity contribution >= 4 is 5.91 Å². The standard InChI is InChI=1S/C21H22FNO3/c1-26-18-12-15(6-7-17(18)22)20(25)23-10-8-21(9-11-23)16-5-3-2-4-14(16)13-19(21)24/h2-7,12,19,24H,8-11,13H2,1H3/t19-/m0/s1. The number of carbonyl (C=O) groups excluding carboxylic acids is 1. The van der Waals surface area contributed by atoms with E-state index in [0.29, 0.717) is 25.1 Å². The van der Waals surface area contributed by atoms with Crippen molar-refractivity contribution < 1.29 is 19.0 Å². The molecule has 1 N–H and O–H groups in total. The molecule has 1 amide bonds. The van der Waals surface area contributed by atoms with Crippen molar-refractivity contribution in [3.63, 3.8) is 0 Å². The van der Waals surface area contributed by atoms with Crippen molar-refractivity contribution in [3.05, 3.63) is 65.0 Å². The Morgan fingerprint density at radius 1 is 1.23 bits per heavy atom. The lowest BCUT2D eigenvalue weighted by Crippen LogP contribution is -2.49. The molecule has 2 aromatic carbocycles. The third-order valence-electron chi connectivity index (χ3n) is 5.95. The average molecular weight is 355 g/mol. The Balaban J connectivity index is 1.53. The number of ether oxygens (including phenoxy) is 1. The van der Waals surface area contributed by atoms with E-state index < -0.39 is 11.9 Å². The Kier molecular flexibility index (Phi) is 4.19. The summed E-state index contributed by atoms with van der Waals surface area (Å²) in [7, 11) is 1.39. The lowest BCUT2D eigenvalue weighted by atomic mass is 9.72. The molecular weight excluding hydrogens is 333 g/mol. The van der Waals surface area contributed by atoms with Gasteiger partial charge in [0, 0.05) is 24.1 Å². The first-order valence-corrected chi connectivity index (χ1v) is 8.94. The van der Waals surface area contributed by atoms with Crippen LogP contribution in [0.3, 0.4) is 0 Å². The first-order valence-electron chi connectivity index (χ1n) is 8.94. The molecule has 2 aromatic rings. The minimum Gasteiger partial charge on any atom is -0.494 e. The predicted molar refractivity (Wildman–Crippen MR) is 95.9 cm³/mol. The number of methoxy groups -OCH3 is 1. The average Bonchev–Trinajstić information content (AvgIpc) is 2.94. The second-order valence-corrected chi connectivity index (χ2v) is 7.17. The minimum absolute atomic E-state index is 0.0736. The van der Waals surface area contributed by atoms with Crippen molar-refractivity contribution in [2.75, 3.05) is 20.2 Å². The Morgan fingerprint density at radius 2 is 1.96 bits per heavy atom. The molecule has 2 aliphatic rings. The van der Waals surface area contributed by atoms with Crippen molar-refractivity contribution in [2.24, 2.45) is 0 Å². The second-order valence-electron chi connectivity index (χ2n) is 7.17. The minimum atomic E-state index is -0.479. The summed E-state index contributed by atoms with van der Waals surface area (Å²) in [6.45, 7) is 1.15. The van der Waals surface area contributed by atoms with Gasteiger partial charge < -0.3 is 14.7 Å². The Morgan fingerprint density at radius 3 is 2.69 bits per heavy atom. The summed E-state index contributed by atoms with van der Waals surface area (Å²) >= 11 is 0. The van der Waals surface area contributed by atoms with Gasteiger partial charge >= 0.3 is 0 Å². The van der Waals surface area contributed by atoms with E-state index in [0.717, 1.165) is 12.8 Å². The van der Waals surface area contributed by atoms with Gasteiger partial charge in [-0.2, -0.15) is 0 Å². The fourth-order valence-corrected chi connectivity index (χ4v) is 4.45. The number of carbonyl (C=O) groups is 1. The molecule has 1 heterocycles. The molecule has 0 saturated carbocycles. The third kappa shape index (κ3) is 2.58. The molecule has 0 bridgehead atoms. The normalized spacial score (nSPS) is 20.9. The number of hydrogen-bond donors (Lipinski definition) is 1. The summed E-state index contributed by atoms with van der Waals surface area (Å²) in [4.78, 5) is 14.6. The summed E-state index contributed by atoms with van der Waals surface area (Å²) in [6.07, 6.45) is 1.74. The number of hydrogen-bond acceptors (Lipinski definition) is 3. The van der Waals surface area contributed by atoms with E-state index in [1.807, 2.05) is 12.1 Å². The van der Waals surface area contributed by atoms with E-state index in [2.05, 4.69) is 12.1 Å². The molecule has 4 rings (SSSR count). The van der Waals surface area contributed by atoms with Crippen LogP contribution in [0.2, 0.25) is 0 Å². The first kappa shape index (κ1) is 17.0. The van der Waals surface area contributed by atoms with Crippen LogP contribution in [0, 0.1) is 5.82 Å². The number of halogens is 1. The van der Waals surface area contributed by atoms with Crippen molar-refractivity contribution in [2.45, 2.75) is 30.8 Å². The van der Waals surface area contributed by atoms with Crippen molar-refractivity contribution in [3.8, 4) is 5.75 Å². The van der Waals surface area contributed by atoms with Gasteiger partial charge in [0.05, 0.1) is 13.2 Å². The van der Waals surface area contributed by atoms with Crippen LogP contribution in [-0.4, -0.2) is 42.2 Å². The number of aliphatic hydroxyl groups excluding tert-OH is 1. The number of amides is 1. The van der Waals surface area contributed by atoms with Gasteiger partial charge in [-0.15, -0.1) is 0 Å². The summed E-state index contributed by atoms with van der Waals surface area (Å²) in [5, 5.41) is 10.7. The van der Waals surface area contributed by atoms with Crippen LogP contribution in [0.25, 0.3) is 0 Å². The van der Waals surface area contributed by atoms with Gasteiger partial charge in [-0.1, -0.05) is 24.3 Å². The zero-order chi connectivity index (χ0) is 18.3. The quantitative estimate of drug-likeness (QED) is 0.901. The van der Waals surface area contributed by atoms with E-state index >= 15 is 0 Å². The molecule has 0 unspecified atom stereocenters. The first-order chi connectivity index (χ1) is 12.5. The maximum Gasteiger partial charge on any atom is 0.253 e. The van der Waals surface area contributed by atoms with Crippen LogP contribution in [-0.2, 0) is 11.8 Å². The second kappa shape index (κ2) is 6.40. The van der Waals surface area contributed by atoms with Crippen molar-refractivity contribution in [1.82, 2.24) is 4.90 Å². The van der Waals surface area contributed by atoms with Crippen LogP contribution >= 0.6 is 0 Å². The summed E-state index contributed by atoms with van der Waals surface area (Å²) in [6, 6.07) is 12.4. The van der Waals surface area contributed by atoms with E-state index in [1.54, 1.807) is 4.90 Å². The number of benzene rings is 2. The lowest BCUT2D eigenvalue weighted by Gasteiger charge is -2.42. The molecule has 0 radical (unpaired) electrons. The van der Waals surface area contributed by atoms with Crippen LogP contribution in [0.4, 0.5) is 4.39 Å². The number of piperidine rings is 1. The van der Waals surface area contributed by atoms with Crippen LogP contribution < -0.4 is 4.74 Å². The molecule has 1 saturated heterocycles. The van der Waals surface area contributed by atoms with E-state index in [1.165, 1.54) is 36.4 Å². The molecule has 26 heavy (non-hydrogen) atoms. The van der Waals surface area contributed by atoms with E-state index in [4.69, 9.17) is 4.74 Å². The molecule has 0 aromatic heterocycles. The van der Waals surface area contributed by atoms with Gasteiger partial charge in [0.15, 0.2) is 11.6 Å². The fourth-order valence-electron chi connectivity index (χ4n) is 4.45. The molecule has 1 atom stereocenters. The molecule has 1 aliphatic heterocycles. The maximum absolute atomic E-state index is 13.6. The third-order valence-corrected chi connectivity index (χ3v) is 5.95. The van der Waals surface area contributed by atoms with Gasteiger partial charge in [0.1, 0.15) is 0 Å². The highest BCUT2D eigenvalue weighted by Crippen LogP contribution is 2.46. The Hall–Kier alpha value is -2.40. The highest BCUT2D eigenvalue weighted by atomic mass is 19.1. The van der Waals surface area contributed by atoms with Gasteiger partial charge in [0.25, 0.3) is 5.91 Å². The molecule has 4 nitrogen and oxygen atoms in total. The lowest BCUT2D eigenvalue weighted by molar-refractivity contribution is 0.0365. The zero-order valence-corrected chi connectivity index (χ0v) is 14.7. The van der Waals surface area contributed by atoms with Gasteiger partial charge in [-0.25, -0.2) is 4.39 Å². The summed E-state index contributed by atoms with van der Waals surface area (Å²) < 4.78 is 18.6. The summed E-state index contributed by atoms with van der Waals surface area (Å²) in [5.74, 6) is -0.532. The smallest absolute Gasteiger partial charge is 0.253 e. The number of likely N-dealkylation sites (tertiary alicyclic amines) is 1. The van der Waals surface area contributed by atoms with Crippen LogP contribution in [0.5, 0.6) is 5.75 Å². The molecular formula is C21H22FNO3. The van der Waals surface area contributed by atoms with E-state index in [9.17, 15) is 14.3 Å². The molecule has 1 spiro atoms. The number of nitrogens with zero attached hydrogens (tertiary/aromatic N) is 1. The predicted octanol–water partition coefficient (Wildman–Crippen LogP) is 2.93. The Bertz CT molecular complexity index is 843. The highest BCUT2D eigenvalue weighted by molar-refractivity contribution is 5.94. The van der Waals surface area contributed by atoms with Crippen LogP contribution in [0.15, 0.2) is 42.5 Å². The maximum atomic E-state index is 13.6. The molecule has 1 fully saturated rings. The number of fused-ring (bicyclic) bond motifs is 2. The largest absolute Gasteiger partial charge is 0.494 e. The summed E-state index contributed by atoms with van der Waals surface area (Å²) in [5.41, 5.74) is 2.60. The Labute approximate surface area is 152 Å². The highest BCUT2D eigenvalue weighted by Gasteiger charge is 2.48. The van der Waals surface area contributed by atoms with Gasteiger partial charge in [0.2, 0.25) is 0 Å². The number of rotatable bonds is 2. The SMILES string of the molecule is COc1cc(C(=O)N2CCC3(CC2)c2ccccc2C[C@@H]3O)ccc1F. The topological polar surface area (TPSA) is 49.8 Å². The van der Waals surface area contributed by atoms with Crippen LogP contribution in [0.1, 0.15) is 34.3 Å². The number of aliphatic hydroxyl groups is 1. The molecule has 5 heteroatoms. The van der Waals surface area contributed by atoms with Gasteiger partial charge in [-0.05, 0) is 48.6 Å². The molecule has 136 valence electrons. The fraction of sp³-hybridized carbons (Fsp3) is 0.381. The van der Waals surface area contributed by atoms with Crippen molar-refractivity contribution in [1.29, 1.82) is 0 Å². The monoisotopic (exact) mass is 355 g/mol. The van der Waals surface area contributed by atoms with Gasteiger partial charge in [-0.3, -0.25) is 4.79 Å². The zero-order valence-electron chi connectivity index (χ0n) is 14.7. The van der Waals surface area contributed by atoms with E-state index in [-0.39, 0.29) is 17.1 Å².